The zero-order chi connectivity index (χ0) is 70.6. The molecule has 97 heavy (non-hydrogen) atoms. The summed E-state index contributed by atoms with van der Waals surface area (Å²) in [5.74, 6) is -2.45. The summed E-state index contributed by atoms with van der Waals surface area (Å²) < 4.78 is 58.4. The number of carbonyl (C=O) groups excluding carboxylic acids is 7. The highest BCUT2D eigenvalue weighted by atomic mass is 16.6. The Kier molecular flexibility index (Phi) is 43.2. The van der Waals surface area contributed by atoms with Crippen molar-refractivity contribution in [2.45, 2.75) is 194 Å². The predicted molar refractivity (Wildman–Crippen MR) is 366 cm³/mol. The zero-order valence-electron chi connectivity index (χ0n) is 60.7. The third-order valence-electron chi connectivity index (χ3n) is 16.9. The van der Waals surface area contributed by atoms with Gasteiger partial charge in [-0.25, -0.2) is 0 Å². The molecule has 2 unspecified atom stereocenters. The van der Waals surface area contributed by atoms with Gasteiger partial charge >= 0.3 is 0 Å². The van der Waals surface area contributed by atoms with Gasteiger partial charge in [0.1, 0.15) is 43.0 Å². The summed E-state index contributed by atoms with van der Waals surface area (Å²) in [5.41, 5.74) is 17.3. The number of amides is 4. The van der Waals surface area contributed by atoms with Gasteiger partial charge in [0.2, 0.25) is 23.6 Å². The molecule has 0 saturated heterocycles. The van der Waals surface area contributed by atoms with Gasteiger partial charge in [-0.15, -0.1) is 11.1 Å². The smallest absolute Gasteiger partial charge is 0.246 e. The van der Waals surface area contributed by atoms with E-state index in [2.05, 4.69) is 83.2 Å². The third kappa shape index (κ3) is 36.3. The fourth-order valence-corrected chi connectivity index (χ4v) is 11.5. The van der Waals surface area contributed by atoms with Crippen LogP contribution in [0.15, 0.2) is 22.8 Å². The van der Waals surface area contributed by atoms with Gasteiger partial charge in [0.15, 0.2) is 5.78 Å². The minimum atomic E-state index is -0.978. The van der Waals surface area contributed by atoms with Gasteiger partial charge in [0.05, 0.1) is 169 Å². The number of ketones is 3. The SMILES string of the molecule is CC(C)C(=O)[C@H](C)CC(=O)[C@@H](NC(=O)[C@@H](CCCCNC(=O)COC1CCCCCC2=C1NNN2CCOCCOCCOCCOCCC(=O)CCC[N+](C)(C)C)NC(=O)CCOCCOCCOCCOCCNC(=O)COC1CCCCCC2=C1NNN2C(C)C)C(C)C. The van der Waals surface area contributed by atoms with Crippen LogP contribution >= 0.6 is 0 Å². The summed E-state index contributed by atoms with van der Waals surface area (Å²) in [6, 6.07) is -1.56. The first-order valence-corrected chi connectivity index (χ1v) is 36.1. The molecule has 5 atom stereocenters. The molecule has 0 aromatic rings. The molecule has 2 aliphatic heterocycles. The average molecular weight is 1380 g/mol. The number of unbranched alkanes of at least 4 members (excludes halogenated alkanes) is 1. The molecule has 0 fully saturated rings. The lowest BCUT2D eigenvalue weighted by Crippen LogP contribution is -2.53. The maximum absolute atomic E-state index is 14.0. The standard InChI is InChI=1S/C69H125N11O17/c1-51(2)65(59(82)48-54(7)68(86)52(3)4)73-69(87)56(72-62(83)27-33-89-37-41-93-44-46-94-42-38-90-34-29-71-64(85)50-97-61-25-16-12-14-23-58-67(61)75-77-79(58)53(5)6)21-17-18-28-70-63(84)49-96-60-24-15-11-13-22-57-66(60)74-76-78(57)30-35-91-39-43-95-47-45-92-40-36-88-32-26-55(81)20-19-31-80(8,9)10/h51-54,56,60-61,65,74-77H,11-50H2,1-10H3,(H3-,70,71,72,73,83,84,85,87)/p+1/t54-,56-,60?,61?,65+/m1/s1. The lowest BCUT2D eigenvalue weighted by atomic mass is 9.88. The quantitative estimate of drug-likeness (QED) is 0.0315. The minimum absolute atomic E-state index is 0.0139. The van der Waals surface area contributed by atoms with E-state index in [1.54, 1.807) is 20.8 Å². The average Bonchev–Trinajstić information content (AvgIpc) is 1.70. The fourth-order valence-electron chi connectivity index (χ4n) is 11.5. The highest BCUT2D eigenvalue weighted by molar-refractivity contribution is 5.95. The van der Waals surface area contributed by atoms with Gasteiger partial charge in [0.25, 0.3) is 0 Å². The van der Waals surface area contributed by atoms with Crippen LogP contribution in [0.5, 0.6) is 0 Å². The number of quaternary nitrogens is 1. The summed E-state index contributed by atoms with van der Waals surface area (Å²) in [5, 5.41) is 15.7. The molecule has 4 aliphatic rings. The lowest BCUT2D eigenvalue weighted by molar-refractivity contribution is -0.870. The second-order valence-corrected chi connectivity index (χ2v) is 27.3. The van der Waals surface area contributed by atoms with Gasteiger partial charge < -0.3 is 84.0 Å². The van der Waals surface area contributed by atoms with Crippen molar-refractivity contribution in [3.8, 4) is 0 Å². The van der Waals surface area contributed by atoms with Gasteiger partial charge in [0, 0.05) is 63.1 Å². The maximum atomic E-state index is 14.0. The minimum Gasteiger partial charge on any atom is -0.379 e. The fraction of sp³-hybridized carbons (Fsp3) is 0.841. The maximum Gasteiger partial charge on any atom is 0.246 e. The largest absolute Gasteiger partial charge is 0.379 e. The van der Waals surface area contributed by atoms with Crippen LogP contribution in [-0.2, 0) is 80.9 Å². The van der Waals surface area contributed by atoms with Crippen molar-refractivity contribution in [2.75, 3.05) is 166 Å². The molecule has 2 aliphatic carbocycles. The lowest BCUT2D eigenvalue weighted by Gasteiger charge is -2.26. The van der Waals surface area contributed by atoms with E-state index in [4.69, 9.17) is 47.4 Å². The van der Waals surface area contributed by atoms with Crippen molar-refractivity contribution < 1.29 is 85.4 Å². The van der Waals surface area contributed by atoms with Gasteiger partial charge in [-0.1, -0.05) is 60.3 Å². The number of carbonyl (C=O) groups is 7. The van der Waals surface area contributed by atoms with Crippen LogP contribution in [0.2, 0.25) is 0 Å². The number of ether oxygens (including phenoxy) is 10. The van der Waals surface area contributed by atoms with Crippen molar-refractivity contribution in [3.63, 3.8) is 0 Å². The number of allylic oxidation sites excluding steroid dienone is 2. The number of hydrogen-bond donors (Lipinski definition) is 8. The monoisotopic (exact) mass is 1380 g/mol. The number of Topliss-reactive ketones (excluding diaryl/α,β-unsaturated/α-hetero) is 3. The first-order chi connectivity index (χ1) is 46.6. The van der Waals surface area contributed by atoms with Gasteiger partial charge in [-0.3, -0.25) is 43.6 Å². The number of nitrogens with one attached hydrogen (secondary N) is 8. The van der Waals surface area contributed by atoms with E-state index in [-0.39, 0.29) is 112 Å². The van der Waals surface area contributed by atoms with Gasteiger partial charge in [-0.2, -0.15) is 0 Å². The van der Waals surface area contributed by atoms with Crippen LogP contribution in [0.3, 0.4) is 0 Å². The molecule has 0 saturated carbocycles. The number of hydrazine groups is 4. The Labute approximate surface area is 578 Å². The normalized spacial score (nSPS) is 17.8. The van der Waals surface area contributed by atoms with Crippen molar-refractivity contribution >= 4 is 41.0 Å². The van der Waals surface area contributed by atoms with Crippen LogP contribution < -0.4 is 43.2 Å². The summed E-state index contributed by atoms with van der Waals surface area (Å²) in [6.07, 6.45) is 12.3. The topological polar surface area (TPSA) is 315 Å². The molecular weight excluding hydrogens is 1250 g/mol. The molecule has 28 heteroatoms. The van der Waals surface area contributed by atoms with Crippen molar-refractivity contribution in [2.24, 2.45) is 17.8 Å². The highest BCUT2D eigenvalue weighted by Gasteiger charge is 2.34. The summed E-state index contributed by atoms with van der Waals surface area (Å²) >= 11 is 0. The first-order valence-electron chi connectivity index (χ1n) is 36.1. The molecule has 0 bridgehead atoms. The molecule has 4 rings (SSSR count). The van der Waals surface area contributed by atoms with Crippen LogP contribution in [0.4, 0.5) is 0 Å². The third-order valence-corrected chi connectivity index (χ3v) is 16.9. The number of nitrogens with zero attached hydrogens (tertiary/aromatic N) is 3. The second kappa shape index (κ2) is 49.6. The van der Waals surface area contributed by atoms with E-state index in [1.807, 2.05) is 18.9 Å². The molecule has 0 radical (unpaired) electrons. The van der Waals surface area contributed by atoms with Gasteiger partial charge in [-0.05, 0) is 77.6 Å². The molecule has 558 valence electrons. The van der Waals surface area contributed by atoms with E-state index in [1.165, 1.54) is 5.70 Å². The van der Waals surface area contributed by atoms with Crippen LogP contribution in [-0.4, -0.2) is 252 Å². The Balaban J connectivity index is 1.08. The highest BCUT2D eigenvalue weighted by Crippen LogP contribution is 2.30. The van der Waals surface area contributed by atoms with Crippen LogP contribution in [0.25, 0.3) is 0 Å². The van der Waals surface area contributed by atoms with Crippen LogP contribution in [0, 0.1) is 17.8 Å². The van der Waals surface area contributed by atoms with E-state index >= 15 is 0 Å². The Morgan fingerprint density at radius 2 is 1.03 bits per heavy atom. The van der Waals surface area contributed by atoms with Crippen molar-refractivity contribution in [1.29, 1.82) is 0 Å². The summed E-state index contributed by atoms with van der Waals surface area (Å²) in [6.45, 7) is 21.1. The summed E-state index contributed by atoms with van der Waals surface area (Å²) in [7, 11) is 6.37. The molecule has 0 aromatic carbocycles. The number of hydrogen-bond acceptors (Lipinski definition) is 23. The molecular formula is C69H126N11O17+. The Bertz CT molecular complexity index is 2360. The Morgan fingerprint density at radius 1 is 0.526 bits per heavy atom. The summed E-state index contributed by atoms with van der Waals surface area (Å²) in [4.78, 5) is 91.3. The number of rotatable bonds is 55. The molecule has 8 N–H and O–H groups in total. The van der Waals surface area contributed by atoms with E-state index in [0.29, 0.717) is 131 Å². The molecule has 28 nitrogen and oxygen atoms in total. The molecule has 0 aromatic heterocycles. The zero-order valence-corrected chi connectivity index (χ0v) is 60.7. The predicted octanol–water partition coefficient (Wildman–Crippen LogP) is 3.98. The van der Waals surface area contributed by atoms with E-state index in [9.17, 15) is 33.6 Å². The van der Waals surface area contributed by atoms with Crippen LogP contribution in [0.1, 0.15) is 164 Å². The molecule has 4 amide bonds. The van der Waals surface area contributed by atoms with Crippen molar-refractivity contribution in [1.82, 2.24) is 53.2 Å². The Hall–Kier alpha value is -4.95. The first kappa shape index (κ1) is 84.5. The second-order valence-electron chi connectivity index (χ2n) is 27.3. The molecule has 0 spiro atoms. The van der Waals surface area contributed by atoms with E-state index < -0.39 is 29.8 Å². The van der Waals surface area contributed by atoms with Crippen molar-refractivity contribution in [3.05, 3.63) is 22.8 Å². The Morgan fingerprint density at radius 3 is 1.58 bits per heavy atom. The van der Waals surface area contributed by atoms with E-state index in [0.717, 1.165) is 98.7 Å². The molecule has 2 heterocycles.